The number of rotatable bonds is 8. The number of carbonyl (C=O) groups is 5. The molecule has 57 heavy (non-hydrogen) atoms. The van der Waals surface area contributed by atoms with Crippen molar-refractivity contribution in [3.63, 3.8) is 0 Å². The lowest BCUT2D eigenvalue weighted by molar-refractivity contribution is -0.135. The van der Waals surface area contributed by atoms with Crippen LogP contribution in [0.3, 0.4) is 0 Å². The molecule has 0 radical (unpaired) electrons. The van der Waals surface area contributed by atoms with Gasteiger partial charge in [-0.05, 0) is 65.8 Å². The van der Waals surface area contributed by atoms with E-state index >= 15 is 9.59 Å². The van der Waals surface area contributed by atoms with E-state index in [4.69, 9.17) is 4.74 Å². The predicted octanol–water partition coefficient (Wildman–Crippen LogP) is 7.70. The van der Waals surface area contributed by atoms with Gasteiger partial charge >= 0.3 is 5.97 Å². The first-order valence-electron chi connectivity index (χ1n) is 19.0. The Balaban J connectivity index is 1.22. The molecule has 3 aliphatic carbocycles. The van der Waals surface area contributed by atoms with Gasteiger partial charge in [-0.2, -0.15) is 0 Å². The van der Waals surface area contributed by atoms with Crippen molar-refractivity contribution in [1.29, 1.82) is 0 Å². The van der Waals surface area contributed by atoms with Gasteiger partial charge < -0.3 is 14.9 Å². The van der Waals surface area contributed by atoms with Crippen LogP contribution < -0.4 is 9.64 Å². The van der Waals surface area contributed by atoms with Gasteiger partial charge in [0.15, 0.2) is 11.6 Å². The number of carboxylic acids is 1. The Morgan fingerprint density at radius 1 is 0.772 bits per heavy atom. The molecule has 9 rings (SSSR count). The average molecular weight is 756 g/mol. The van der Waals surface area contributed by atoms with Crippen LogP contribution in [0.1, 0.15) is 51.4 Å². The van der Waals surface area contributed by atoms with Crippen LogP contribution >= 0.6 is 0 Å². The first-order chi connectivity index (χ1) is 27.7. The number of carboxylic acid groups (broad SMARTS) is 1. The maximum Gasteiger partial charge on any atom is 0.335 e. The van der Waals surface area contributed by atoms with E-state index in [1.54, 1.807) is 36.4 Å². The van der Waals surface area contributed by atoms with Crippen molar-refractivity contribution in [2.45, 2.75) is 30.8 Å². The topological polar surface area (TPSA) is 138 Å². The quantitative estimate of drug-likeness (QED) is 0.121. The number of allylic oxidation sites excluding steroid dienone is 4. The Kier molecular flexibility index (Phi) is 8.80. The third-order valence-corrected chi connectivity index (χ3v) is 12.3. The maximum atomic E-state index is 15.3. The highest BCUT2D eigenvalue weighted by molar-refractivity contribution is 6.32. The number of anilines is 1. The predicted molar refractivity (Wildman–Crippen MR) is 211 cm³/mol. The van der Waals surface area contributed by atoms with Crippen LogP contribution in [-0.2, 0) is 31.2 Å². The maximum absolute atomic E-state index is 15.3. The smallest absolute Gasteiger partial charge is 0.335 e. The lowest BCUT2D eigenvalue weighted by Gasteiger charge is -2.55. The number of fused-ring (bicyclic) bond motifs is 4. The first kappa shape index (κ1) is 35.8. The molecule has 1 saturated carbocycles. The number of aromatic hydroxyl groups is 1. The molecule has 9 heteroatoms. The van der Waals surface area contributed by atoms with Gasteiger partial charge in [0.2, 0.25) is 11.8 Å². The number of phenols is 1. The average Bonchev–Trinajstić information content (AvgIpc) is 3.50. The van der Waals surface area contributed by atoms with Crippen LogP contribution in [0.25, 0.3) is 5.57 Å². The number of Topliss-reactive ketones (excluding diaryl/α,β-unsaturated/α-hetero) is 1. The Morgan fingerprint density at radius 3 is 2.18 bits per heavy atom. The van der Waals surface area contributed by atoms with Gasteiger partial charge in [-0.15, -0.1) is 0 Å². The van der Waals surface area contributed by atoms with E-state index in [0.29, 0.717) is 28.0 Å². The van der Waals surface area contributed by atoms with Crippen LogP contribution in [0, 0.1) is 23.7 Å². The second-order valence-corrected chi connectivity index (χ2v) is 15.1. The summed E-state index contributed by atoms with van der Waals surface area (Å²) in [6.45, 7) is 0.261. The van der Waals surface area contributed by atoms with Crippen LogP contribution in [0.5, 0.6) is 11.5 Å². The minimum atomic E-state index is -1.52. The lowest BCUT2D eigenvalue weighted by atomic mass is 9.44. The van der Waals surface area contributed by atoms with Gasteiger partial charge in [0, 0.05) is 29.0 Å². The summed E-state index contributed by atoms with van der Waals surface area (Å²) in [5, 5.41) is 21.7. The van der Waals surface area contributed by atoms with Crippen molar-refractivity contribution in [3.05, 3.63) is 179 Å². The molecular weight excluding hydrogens is 719 g/mol. The van der Waals surface area contributed by atoms with E-state index in [1.807, 2.05) is 72.8 Å². The highest BCUT2D eigenvalue weighted by Gasteiger charge is 2.66. The number of hydrogen-bond acceptors (Lipinski definition) is 7. The van der Waals surface area contributed by atoms with E-state index in [1.165, 1.54) is 36.4 Å². The molecule has 2 N–H and O–H groups in total. The van der Waals surface area contributed by atoms with Gasteiger partial charge in [0.25, 0.3) is 0 Å². The number of hydrogen-bond donors (Lipinski definition) is 2. The molecule has 0 aromatic heterocycles. The van der Waals surface area contributed by atoms with Crippen LogP contribution in [0.4, 0.5) is 5.69 Å². The van der Waals surface area contributed by atoms with Gasteiger partial charge in [-0.3, -0.25) is 24.1 Å². The van der Waals surface area contributed by atoms with E-state index in [2.05, 4.69) is 0 Å². The summed E-state index contributed by atoms with van der Waals surface area (Å²) in [6.07, 6.45) is 3.63. The molecule has 6 atom stereocenters. The molecule has 9 nitrogen and oxygen atoms in total. The summed E-state index contributed by atoms with van der Waals surface area (Å²) in [5.41, 5.74) is 2.08. The molecule has 5 aromatic rings. The number of ketones is 2. The number of carbonyl (C=O) groups excluding carboxylic acids is 4. The molecular formula is C48H37NO8. The number of benzene rings is 5. The van der Waals surface area contributed by atoms with E-state index in [0.717, 1.165) is 10.5 Å². The molecule has 1 saturated heterocycles. The third kappa shape index (κ3) is 5.72. The Morgan fingerprint density at radius 2 is 1.47 bits per heavy atom. The summed E-state index contributed by atoms with van der Waals surface area (Å²) in [6, 6.07) is 38.5. The Labute approximate surface area is 328 Å². The van der Waals surface area contributed by atoms with Crippen molar-refractivity contribution in [2.24, 2.45) is 23.7 Å². The Hall–Kier alpha value is -6.87. The fourth-order valence-electron chi connectivity index (χ4n) is 9.85. The molecule has 1 heterocycles. The number of imide groups is 1. The van der Waals surface area contributed by atoms with Gasteiger partial charge in [0.05, 0.1) is 28.5 Å². The summed E-state index contributed by atoms with van der Waals surface area (Å²) >= 11 is 0. The van der Waals surface area contributed by atoms with Crippen LogP contribution in [0.2, 0.25) is 0 Å². The molecule has 4 aliphatic rings. The van der Waals surface area contributed by atoms with E-state index in [9.17, 15) is 24.6 Å². The summed E-state index contributed by atoms with van der Waals surface area (Å²) in [5.74, 6) is -6.65. The monoisotopic (exact) mass is 755 g/mol. The number of phenolic OH excluding ortho intramolecular Hbond substituents is 1. The lowest BCUT2D eigenvalue weighted by Crippen LogP contribution is -2.58. The minimum Gasteiger partial charge on any atom is -0.508 e. The number of amides is 2. The molecule has 282 valence electrons. The summed E-state index contributed by atoms with van der Waals surface area (Å²) < 4.78 is 6.07. The number of nitrogens with zero attached hydrogens (tertiary/aromatic N) is 1. The van der Waals surface area contributed by atoms with Crippen molar-refractivity contribution in [2.75, 3.05) is 4.90 Å². The molecule has 6 unspecified atom stereocenters. The summed E-state index contributed by atoms with van der Waals surface area (Å²) in [4.78, 5) is 72.3. The second kappa shape index (κ2) is 14.0. The zero-order valence-electron chi connectivity index (χ0n) is 30.7. The van der Waals surface area contributed by atoms with Crippen molar-refractivity contribution in [3.8, 4) is 11.5 Å². The van der Waals surface area contributed by atoms with Crippen LogP contribution in [0.15, 0.2) is 151 Å². The normalized spacial score (nSPS) is 25.2. The number of ether oxygens (including phenoxy) is 1. The molecule has 0 spiro atoms. The minimum absolute atomic E-state index is 0.0645. The SMILES string of the molecule is O=C(O)c1cccc(N2C(=O)C3CC=C4C(CC5C(=O)C(c6ccccc6)=CC(=O)C5(c5ccccc5)C4c4ccc(OCc5ccccc5)cc4O)C3C2=O)c1. The number of aromatic carboxylic acids is 1. The molecule has 5 aromatic carbocycles. The van der Waals surface area contributed by atoms with Gasteiger partial charge in [-0.1, -0.05) is 115 Å². The zero-order chi connectivity index (χ0) is 39.4. The van der Waals surface area contributed by atoms with E-state index in [-0.39, 0.29) is 53.6 Å². The second-order valence-electron chi connectivity index (χ2n) is 15.1. The molecule has 2 amide bonds. The standard InChI is InChI=1S/C48H37NO8/c50-40-24-33(57-27-28-11-4-1-5-12-28)19-20-35(40)43-34-21-22-36-42(46(54)49(45(36)53)32-18-10-15-30(23-32)47(55)56)38(34)25-39-44(52)37(29-13-6-2-7-14-29)26-41(51)48(39,43)31-16-8-3-9-17-31/h1-21,23-24,26,36,38-39,42-43,50H,22,25,27H2,(H,55,56). The Bertz CT molecular complexity index is 2530. The van der Waals surface area contributed by atoms with Crippen molar-refractivity contribution in [1.82, 2.24) is 0 Å². The fourth-order valence-corrected chi connectivity index (χ4v) is 9.85. The van der Waals surface area contributed by atoms with Gasteiger partial charge in [0.1, 0.15) is 18.1 Å². The summed E-state index contributed by atoms with van der Waals surface area (Å²) in [7, 11) is 0. The fraction of sp³-hybridized carbons (Fsp3) is 0.188. The van der Waals surface area contributed by atoms with Crippen molar-refractivity contribution >= 4 is 40.6 Å². The molecule has 0 bridgehead atoms. The van der Waals surface area contributed by atoms with Crippen molar-refractivity contribution < 1.29 is 38.9 Å². The van der Waals surface area contributed by atoms with Gasteiger partial charge in [-0.25, -0.2) is 4.79 Å². The molecule has 1 aliphatic heterocycles. The first-order valence-corrected chi connectivity index (χ1v) is 19.0. The van der Waals surface area contributed by atoms with E-state index < -0.39 is 52.8 Å². The third-order valence-electron chi connectivity index (χ3n) is 12.3. The largest absolute Gasteiger partial charge is 0.508 e. The highest BCUT2D eigenvalue weighted by atomic mass is 16.5. The van der Waals surface area contributed by atoms with Crippen LogP contribution in [-0.4, -0.2) is 39.6 Å². The highest BCUT2D eigenvalue weighted by Crippen LogP contribution is 2.64. The molecule has 2 fully saturated rings. The zero-order valence-corrected chi connectivity index (χ0v) is 30.7.